The van der Waals surface area contributed by atoms with Crippen molar-refractivity contribution in [1.82, 2.24) is 15.1 Å². The predicted octanol–water partition coefficient (Wildman–Crippen LogP) is 4.63. The fraction of sp³-hybridized carbons (Fsp3) is 0.259. The summed E-state index contributed by atoms with van der Waals surface area (Å²) in [4.78, 5) is 13.2. The van der Waals surface area contributed by atoms with Crippen molar-refractivity contribution >= 4 is 5.91 Å². The van der Waals surface area contributed by atoms with E-state index in [-0.39, 0.29) is 12.0 Å². The van der Waals surface area contributed by atoms with Crippen molar-refractivity contribution in [3.63, 3.8) is 0 Å². The molecule has 180 valence electrons. The molecule has 2 aromatic carbocycles. The summed E-state index contributed by atoms with van der Waals surface area (Å²) in [6.07, 6.45) is 3.78. The monoisotopic (exact) mass is 473 g/mol. The largest absolute Gasteiger partial charge is 0.493 e. The van der Waals surface area contributed by atoms with E-state index < -0.39 is 0 Å². The molecule has 2 aromatic heterocycles. The highest BCUT2D eigenvalue weighted by Crippen LogP contribution is 2.29. The van der Waals surface area contributed by atoms with Crippen molar-refractivity contribution in [2.24, 2.45) is 0 Å². The number of carbonyl (C=O) groups is 1. The Morgan fingerprint density at radius 1 is 1.11 bits per heavy atom. The van der Waals surface area contributed by atoms with E-state index in [1.165, 1.54) is 0 Å². The van der Waals surface area contributed by atoms with Gasteiger partial charge in [-0.15, -0.1) is 0 Å². The van der Waals surface area contributed by atoms with Crippen LogP contribution >= 0.6 is 0 Å². The molecule has 1 aliphatic heterocycles. The predicted molar refractivity (Wildman–Crippen MR) is 130 cm³/mol. The molecule has 35 heavy (non-hydrogen) atoms. The molecule has 1 atom stereocenters. The van der Waals surface area contributed by atoms with E-state index in [0.717, 1.165) is 30.7 Å². The highest BCUT2D eigenvalue weighted by atomic mass is 16.5. The Bertz CT molecular complexity index is 1260. The molecule has 8 nitrogen and oxygen atoms in total. The third-order valence-corrected chi connectivity index (χ3v) is 5.85. The number of carbonyl (C=O) groups excluding carboxylic acids is 1. The molecule has 1 unspecified atom stereocenters. The van der Waals surface area contributed by atoms with Gasteiger partial charge in [-0.1, -0.05) is 24.3 Å². The first-order chi connectivity index (χ1) is 17.2. The second kappa shape index (κ2) is 10.5. The molecule has 0 aliphatic carbocycles. The van der Waals surface area contributed by atoms with E-state index in [1.807, 2.05) is 54.6 Å². The number of nitrogens with one attached hydrogen (secondary N) is 1. The number of nitrogens with zero attached hydrogens (tertiary/aromatic N) is 2. The van der Waals surface area contributed by atoms with Gasteiger partial charge < -0.3 is 23.9 Å². The molecule has 1 saturated heterocycles. The molecule has 0 saturated carbocycles. The van der Waals surface area contributed by atoms with Crippen molar-refractivity contribution < 1.29 is 23.4 Å². The van der Waals surface area contributed by atoms with Crippen molar-refractivity contribution in [3.8, 4) is 28.6 Å². The van der Waals surface area contributed by atoms with Crippen LogP contribution in [0.1, 0.15) is 28.9 Å². The van der Waals surface area contributed by atoms with Crippen LogP contribution in [0.15, 0.2) is 77.4 Å². The number of hydrogen-bond acceptors (Lipinski definition) is 6. The summed E-state index contributed by atoms with van der Waals surface area (Å²) in [6.45, 7) is 1.60. The summed E-state index contributed by atoms with van der Waals surface area (Å²) in [6, 6.07) is 20.5. The van der Waals surface area contributed by atoms with Crippen LogP contribution in [0.5, 0.6) is 11.5 Å². The average molecular weight is 474 g/mol. The number of furan rings is 1. The van der Waals surface area contributed by atoms with Crippen LogP contribution in [0, 0.1) is 0 Å². The van der Waals surface area contributed by atoms with Gasteiger partial charge in [0.25, 0.3) is 5.91 Å². The Labute approximate surface area is 203 Å². The first-order valence-corrected chi connectivity index (χ1v) is 11.6. The van der Waals surface area contributed by atoms with Crippen LogP contribution < -0.4 is 14.8 Å². The lowest BCUT2D eigenvalue weighted by atomic mass is 10.2. The number of ether oxygens (including phenoxy) is 3. The molecule has 4 aromatic rings. The maximum atomic E-state index is 13.2. The second-order valence-electron chi connectivity index (χ2n) is 8.25. The Balaban J connectivity index is 1.31. The van der Waals surface area contributed by atoms with Gasteiger partial charge in [-0.25, -0.2) is 4.68 Å². The molecule has 0 spiro atoms. The molecule has 1 N–H and O–H groups in total. The minimum absolute atomic E-state index is 0.124. The van der Waals surface area contributed by atoms with Gasteiger partial charge in [0.15, 0.2) is 17.3 Å². The summed E-state index contributed by atoms with van der Waals surface area (Å²) in [5, 5.41) is 7.59. The highest BCUT2D eigenvalue weighted by molar-refractivity contribution is 5.94. The summed E-state index contributed by atoms with van der Waals surface area (Å²) >= 11 is 0. The van der Waals surface area contributed by atoms with Crippen LogP contribution in [0.2, 0.25) is 0 Å². The summed E-state index contributed by atoms with van der Waals surface area (Å²) in [7, 11) is 1.60. The normalized spacial score (nSPS) is 15.2. The maximum Gasteiger partial charge on any atom is 0.270 e. The Morgan fingerprint density at radius 3 is 2.74 bits per heavy atom. The van der Waals surface area contributed by atoms with Gasteiger partial charge in [0.2, 0.25) is 0 Å². The maximum absolute atomic E-state index is 13.2. The van der Waals surface area contributed by atoms with Crippen LogP contribution in [0.25, 0.3) is 17.1 Å². The van der Waals surface area contributed by atoms with Gasteiger partial charge in [-0.3, -0.25) is 4.79 Å². The molecular formula is C27H27N3O5. The molecule has 1 fully saturated rings. The molecule has 8 heteroatoms. The van der Waals surface area contributed by atoms with Crippen molar-refractivity contribution in [2.75, 3.05) is 20.3 Å². The second-order valence-corrected chi connectivity index (χ2v) is 8.25. The molecular weight excluding hydrogens is 446 g/mol. The van der Waals surface area contributed by atoms with Crippen molar-refractivity contribution in [1.29, 1.82) is 0 Å². The number of rotatable bonds is 9. The lowest BCUT2D eigenvalue weighted by Gasteiger charge is -2.15. The molecule has 1 aliphatic rings. The van der Waals surface area contributed by atoms with Gasteiger partial charge in [0, 0.05) is 19.2 Å². The zero-order valence-corrected chi connectivity index (χ0v) is 19.5. The molecule has 5 rings (SSSR count). The highest BCUT2D eigenvalue weighted by Gasteiger charge is 2.20. The van der Waals surface area contributed by atoms with Crippen molar-refractivity contribution in [2.45, 2.75) is 25.5 Å². The third kappa shape index (κ3) is 5.22. The van der Waals surface area contributed by atoms with Crippen LogP contribution in [0.3, 0.4) is 0 Å². The van der Waals surface area contributed by atoms with E-state index in [0.29, 0.717) is 41.8 Å². The molecule has 1 amide bonds. The lowest BCUT2D eigenvalue weighted by Crippen LogP contribution is -2.25. The number of para-hydroxylation sites is 1. The molecule has 0 radical (unpaired) electrons. The Hall–Kier alpha value is -4.04. The van der Waals surface area contributed by atoms with E-state index in [9.17, 15) is 4.79 Å². The number of amides is 1. The average Bonchev–Trinajstić information content (AvgIpc) is 3.68. The fourth-order valence-corrected chi connectivity index (χ4v) is 4.03. The van der Waals surface area contributed by atoms with Gasteiger partial charge >= 0.3 is 0 Å². The molecule has 0 bridgehead atoms. The number of benzene rings is 2. The summed E-state index contributed by atoms with van der Waals surface area (Å²) in [5.41, 5.74) is 2.66. The quantitative estimate of drug-likeness (QED) is 0.381. The molecule has 3 heterocycles. The first-order valence-electron chi connectivity index (χ1n) is 11.6. The van der Waals surface area contributed by atoms with Gasteiger partial charge in [-0.05, 0) is 54.8 Å². The van der Waals surface area contributed by atoms with Crippen LogP contribution in [-0.2, 0) is 11.3 Å². The Kier molecular flexibility index (Phi) is 6.81. The number of hydrogen-bond donors (Lipinski definition) is 1. The third-order valence-electron chi connectivity index (χ3n) is 5.85. The van der Waals surface area contributed by atoms with Gasteiger partial charge in [-0.2, -0.15) is 5.10 Å². The smallest absolute Gasteiger partial charge is 0.270 e. The van der Waals surface area contributed by atoms with Gasteiger partial charge in [0.1, 0.15) is 18.0 Å². The van der Waals surface area contributed by atoms with E-state index in [2.05, 4.69) is 10.4 Å². The van der Waals surface area contributed by atoms with E-state index in [1.54, 1.807) is 30.2 Å². The topological polar surface area (TPSA) is 87.8 Å². The van der Waals surface area contributed by atoms with Crippen LogP contribution in [-0.4, -0.2) is 42.1 Å². The van der Waals surface area contributed by atoms with E-state index in [4.69, 9.17) is 18.6 Å². The minimum atomic E-state index is -0.253. The summed E-state index contributed by atoms with van der Waals surface area (Å²) in [5.74, 6) is 1.61. The SMILES string of the molecule is COc1cc(CNC(=O)c2cc(-c3ccco3)nn2-c2ccccc2)ccc1OCC1CCCO1. The summed E-state index contributed by atoms with van der Waals surface area (Å²) < 4.78 is 24.1. The van der Waals surface area contributed by atoms with Gasteiger partial charge in [0.05, 0.1) is 25.2 Å². The zero-order chi connectivity index (χ0) is 24.0. The van der Waals surface area contributed by atoms with Crippen molar-refractivity contribution in [3.05, 3.63) is 84.3 Å². The minimum Gasteiger partial charge on any atom is -0.493 e. The Morgan fingerprint density at radius 2 is 2.00 bits per heavy atom. The zero-order valence-electron chi connectivity index (χ0n) is 19.5. The first kappa shape index (κ1) is 22.7. The van der Waals surface area contributed by atoms with E-state index >= 15 is 0 Å². The number of aromatic nitrogens is 2. The number of methoxy groups -OCH3 is 1. The fourth-order valence-electron chi connectivity index (χ4n) is 4.03. The lowest BCUT2D eigenvalue weighted by molar-refractivity contribution is 0.0669. The standard InChI is InChI=1S/C27H27N3O5/c1-32-26-15-19(11-12-25(26)35-18-21-9-5-13-33-21)17-28-27(31)23-16-22(24-10-6-14-34-24)29-30(23)20-7-3-2-4-8-20/h2-4,6-8,10-12,14-16,21H,5,9,13,17-18H2,1H3,(H,28,31). The van der Waals surface area contributed by atoms with Crippen LogP contribution in [0.4, 0.5) is 0 Å².